The summed E-state index contributed by atoms with van der Waals surface area (Å²) in [5, 5.41) is 13.9. The van der Waals surface area contributed by atoms with Gasteiger partial charge in [0, 0.05) is 0 Å². The number of nitrogens with zero attached hydrogens (tertiary/aromatic N) is 2. The Bertz CT molecular complexity index is 296. The van der Waals surface area contributed by atoms with Crippen LogP contribution in [0.5, 0.6) is 0 Å². The van der Waals surface area contributed by atoms with Crippen LogP contribution in [0.1, 0.15) is 49.3 Å². The number of aliphatic hydroxyl groups excluding tert-OH is 1. The van der Waals surface area contributed by atoms with E-state index in [4.69, 9.17) is 0 Å². The van der Waals surface area contributed by atoms with Gasteiger partial charge in [0.25, 0.3) is 0 Å². The Kier molecular flexibility index (Phi) is 3.13. The fourth-order valence-corrected chi connectivity index (χ4v) is 2.40. The van der Waals surface area contributed by atoms with Gasteiger partial charge in [-0.3, -0.25) is 0 Å². The molecule has 0 aliphatic heterocycles. The molecule has 1 N–H and O–H groups in total. The smallest absolute Gasteiger partial charge is 0.0917 e. The standard InChI is InChI=1S/C10H16N2OS/c1-2-8-10(14-12-11-8)9(13)6-5-7-3-4-7/h7,9,13H,2-6H2,1H3. The van der Waals surface area contributed by atoms with Gasteiger partial charge in [-0.25, -0.2) is 0 Å². The van der Waals surface area contributed by atoms with E-state index in [1.807, 2.05) is 6.92 Å². The zero-order valence-corrected chi connectivity index (χ0v) is 9.26. The van der Waals surface area contributed by atoms with E-state index in [1.165, 1.54) is 24.4 Å². The van der Waals surface area contributed by atoms with Crippen LogP contribution in [0.15, 0.2) is 0 Å². The predicted octanol–water partition coefficient (Wildman–Crippen LogP) is 2.32. The molecule has 14 heavy (non-hydrogen) atoms. The first-order valence-electron chi connectivity index (χ1n) is 5.30. The Balaban J connectivity index is 1.91. The van der Waals surface area contributed by atoms with Crippen molar-refractivity contribution in [3.05, 3.63) is 10.6 Å². The maximum atomic E-state index is 9.93. The largest absolute Gasteiger partial charge is 0.387 e. The molecule has 1 aromatic heterocycles. The summed E-state index contributed by atoms with van der Waals surface area (Å²) in [7, 11) is 0. The van der Waals surface area contributed by atoms with Gasteiger partial charge in [0.05, 0.1) is 16.7 Å². The predicted molar refractivity (Wildman–Crippen MR) is 56.2 cm³/mol. The Labute approximate surface area is 88.3 Å². The van der Waals surface area contributed by atoms with E-state index in [9.17, 15) is 5.11 Å². The van der Waals surface area contributed by atoms with Crippen LogP contribution in [0.2, 0.25) is 0 Å². The van der Waals surface area contributed by atoms with Crippen LogP contribution in [-0.4, -0.2) is 14.7 Å². The first-order chi connectivity index (χ1) is 6.81. The topological polar surface area (TPSA) is 46.0 Å². The first-order valence-corrected chi connectivity index (χ1v) is 6.07. The van der Waals surface area contributed by atoms with Gasteiger partial charge >= 0.3 is 0 Å². The number of hydrogen-bond donors (Lipinski definition) is 1. The lowest BCUT2D eigenvalue weighted by atomic mass is 10.1. The third-order valence-electron chi connectivity index (χ3n) is 2.77. The third kappa shape index (κ3) is 2.30. The summed E-state index contributed by atoms with van der Waals surface area (Å²) in [5.41, 5.74) is 0.971. The molecule has 1 heterocycles. The highest BCUT2D eigenvalue weighted by molar-refractivity contribution is 7.05. The summed E-state index contributed by atoms with van der Waals surface area (Å²) in [4.78, 5) is 0.980. The molecule has 0 radical (unpaired) electrons. The van der Waals surface area contributed by atoms with Crippen LogP contribution in [-0.2, 0) is 6.42 Å². The van der Waals surface area contributed by atoms with E-state index in [-0.39, 0.29) is 6.10 Å². The fourth-order valence-electron chi connectivity index (χ4n) is 1.64. The molecule has 1 atom stereocenters. The Morgan fingerprint density at radius 2 is 2.36 bits per heavy atom. The van der Waals surface area contributed by atoms with Crippen LogP contribution in [0.3, 0.4) is 0 Å². The van der Waals surface area contributed by atoms with Crippen molar-refractivity contribution < 1.29 is 5.11 Å². The number of aliphatic hydroxyl groups is 1. The van der Waals surface area contributed by atoms with E-state index in [0.717, 1.165) is 35.8 Å². The van der Waals surface area contributed by atoms with Crippen LogP contribution in [0.25, 0.3) is 0 Å². The molecule has 1 aliphatic carbocycles. The molecule has 4 heteroatoms. The van der Waals surface area contributed by atoms with Crippen LogP contribution >= 0.6 is 11.5 Å². The van der Waals surface area contributed by atoms with Crippen molar-refractivity contribution in [3.63, 3.8) is 0 Å². The molecule has 78 valence electrons. The van der Waals surface area contributed by atoms with E-state index in [0.29, 0.717) is 0 Å². The molecular weight excluding hydrogens is 196 g/mol. The normalized spacial score (nSPS) is 18.4. The van der Waals surface area contributed by atoms with E-state index in [1.54, 1.807) is 0 Å². The van der Waals surface area contributed by atoms with Gasteiger partial charge in [-0.15, -0.1) is 5.10 Å². The second-order valence-corrected chi connectivity index (χ2v) is 4.76. The zero-order valence-electron chi connectivity index (χ0n) is 8.44. The lowest BCUT2D eigenvalue weighted by Gasteiger charge is -2.07. The highest BCUT2D eigenvalue weighted by Gasteiger charge is 2.23. The average molecular weight is 212 g/mol. The Hall–Kier alpha value is -0.480. The van der Waals surface area contributed by atoms with Crippen LogP contribution in [0, 0.1) is 5.92 Å². The van der Waals surface area contributed by atoms with Crippen LogP contribution in [0.4, 0.5) is 0 Å². The summed E-state index contributed by atoms with van der Waals surface area (Å²) >= 11 is 1.34. The van der Waals surface area contributed by atoms with Crippen molar-refractivity contribution in [2.45, 2.75) is 45.1 Å². The quantitative estimate of drug-likeness (QED) is 0.814. The lowest BCUT2D eigenvalue weighted by Crippen LogP contribution is -1.99. The SMILES string of the molecule is CCc1nnsc1C(O)CCC1CC1. The second-order valence-electron chi connectivity index (χ2n) is 3.97. The maximum absolute atomic E-state index is 9.93. The summed E-state index contributed by atoms with van der Waals surface area (Å²) in [6.45, 7) is 2.05. The summed E-state index contributed by atoms with van der Waals surface area (Å²) in [6.07, 6.45) is 5.28. The minimum atomic E-state index is -0.328. The molecule has 1 aromatic rings. The Morgan fingerprint density at radius 1 is 1.57 bits per heavy atom. The lowest BCUT2D eigenvalue weighted by molar-refractivity contribution is 0.165. The van der Waals surface area contributed by atoms with Gasteiger partial charge in [-0.1, -0.05) is 24.3 Å². The van der Waals surface area contributed by atoms with Crippen molar-refractivity contribution in [1.29, 1.82) is 0 Å². The molecule has 3 nitrogen and oxygen atoms in total. The highest BCUT2D eigenvalue weighted by Crippen LogP contribution is 2.36. The molecule has 1 saturated carbocycles. The summed E-state index contributed by atoms with van der Waals surface area (Å²) < 4.78 is 3.89. The average Bonchev–Trinajstić information content (AvgIpc) is 2.90. The van der Waals surface area contributed by atoms with Crippen molar-refractivity contribution in [3.8, 4) is 0 Å². The molecular formula is C10H16N2OS. The van der Waals surface area contributed by atoms with Gasteiger partial charge in [0.1, 0.15) is 0 Å². The molecule has 0 aromatic carbocycles. The number of hydrogen-bond acceptors (Lipinski definition) is 4. The second kappa shape index (κ2) is 4.36. The molecule has 1 aliphatic rings. The molecule has 2 rings (SSSR count). The summed E-state index contributed by atoms with van der Waals surface area (Å²) in [5.74, 6) is 0.885. The molecule has 0 spiro atoms. The van der Waals surface area contributed by atoms with Crippen LogP contribution < -0.4 is 0 Å². The van der Waals surface area contributed by atoms with Gasteiger partial charge in [0.2, 0.25) is 0 Å². The number of rotatable bonds is 5. The minimum Gasteiger partial charge on any atom is -0.387 e. The van der Waals surface area contributed by atoms with Gasteiger partial charge < -0.3 is 5.11 Å². The third-order valence-corrected chi connectivity index (χ3v) is 3.64. The van der Waals surface area contributed by atoms with Crippen molar-refractivity contribution in [1.82, 2.24) is 9.59 Å². The molecule has 0 amide bonds. The molecule has 0 saturated heterocycles. The van der Waals surface area contributed by atoms with Gasteiger partial charge in [0.15, 0.2) is 0 Å². The van der Waals surface area contributed by atoms with Gasteiger partial charge in [-0.2, -0.15) is 0 Å². The van der Waals surface area contributed by atoms with Crippen molar-refractivity contribution in [2.75, 3.05) is 0 Å². The zero-order chi connectivity index (χ0) is 9.97. The van der Waals surface area contributed by atoms with E-state index >= 15 is 0 Å². The fraction of sp³-hybridized carbons (Fsp3) is 0.800. The monoisotopic (exact) mass is 212 g/mol. The van der Waals surface area contributed by atoms with Crippen molar-refractivity contribution in [2.24, 2.45) is 5.92 Å². The number of aromatic nitrogens is 2. The van der Waals surface area contributed by atoms with Gasteiger partial charge in [-0.05, 0) is 36.7 Å². The van der Waals surface area contributed by atoms with E-state index < -0.39 is 0 Å². The molecule has 0 bridgehead atoms. The number of aryl methyl sites for hydroxylation is 1. The van der Waals surface area contributed by atoms with Crippen molar-refractivity contribution >= 4 is 11.5 Å². The molecule has 1 fully saturated rings. The maximum Gasteiger partial charge on any atom is 0.0917 e. The first kappa shape index (κ1) is 10.1. The highest BCUT2D eigenvalue weighted by atomic mass is 32.1. The molecule has 1 unspecified atom stereocenters. The van der Waals surface area contributed by atoms with E-state index in [2.05, 4.69) is 9.59 Å². The minimum absolute atomic E-state index is 0.328. The Morgan fingerprint density at radius 3 is 3.00 bits per heavy atom. The summed E-state index contributed by atoms with van der Waals surface area (Å²) in [6, 6.07) is 0.